The van der Waals surface area contributed by atoms with E-state index in [-0.39, 0.29) is 11.2 Å². The van der Waals surface area contributed by atoms with Crippen molar-refractivity contribution < 1.29 is 9.53 Å². The van der Waals surface area contributed by atoms with Crippen LogP contribution in [0.2, 0.25) is 0 Å². The summed E-state index contributed by atoms with van der Waals surface area (Å²) in [5, 5.41) is 8.13. The molecule has 0 bridgehead atoms. The van der Waals surface area contributed by atoms with Gasteiger partial charge in [0.25, 0.3) is 0 Å². The largest absolute Gasteiger partial charge is 0.494 e. The van der Waals surface area contributed by atoms with Crippen LogP contribution in [0.25, 0.3) is 16.9 Å². The zero-order chi connectivity index (χ0) is 23.5. The Morgan fingerprint density at radius 3 is 2.47 bits per heavy atom. The Bertz CT molecular complexity index is 1280. The van der Waals surface area contributed by atoms with Gasteiger partial charge in [-0.1, -0.05) is 67.1 Å². The number of ether oxygens (including phenoxy) is 1. The van der Waals surface area contributed by atoms with Gasteiger partial charge in [0.1, 0.15) is 11.6 Å². The molecule has 0 radical (unpaired) electrons. The van der Waals surface area contributed by atoms with Crippen LogP contribution in [-0.4, -0.2) is 28.0 Å². The Hall–Kier alpha value is -3.51. The van der Waals surface area contributed by atoms with Gasteiger partial charge < -0.3 is 10.1 Å². The standard InChI is InChI=1S/C28H27N3O2S/c1-3-17-33-23-15-11-21(12-16-23)27-25-26(20-7-5-4-6-8-20)30-31(22-13-9-19(2)10-14-22)28(25)29-24(32)18-34-27/h4-16,27H,3,17-18H2,1-2H3,(H,29,32)/t27-/m1/s1. The second-order valence-corrected chi connectivity index (χ2v) is 9.47. The second kappa shape index (κ2) is 9.77. The van der Waals surface area contributed by atoms with Gasteiger partial charge >= 0.3 is 0 Å². The molecule has 3 aromatic carbocycles. The van der Waals surface area contributed by atoms with Crippen LogP contribution in [0, 0.1) is 6.92 Å². The summed E-state index contributed by atoms with van der Waals surface area (Å²) in [5.41, 5.74) is 6.12. The van der Waals surface area contributed by atoms with Gasteiger partial charge in [0.05, 0.1) is 29.0 Å². The van der Waals surface area contributed by atoms with Crippen molar-refractivity contribution in [3.8, 4) is 22.7 Å². The first-order chi connectivity index (χ1) is 16.6. The van der Waals surface area contributed by atoms with Gasteiger partial charge in [-0.15, -0.1) is 11.8 Å². The second-order valence-electron chi connectivity index (χ2n) is 8.38. The lowest BCUT2D eigenvalue weighted by atomic mass is 10.00. The van der Waals surface area contributed by atoms with Crippen LogP contribution >= 0.6 is 11.8 Å². The molecule has 0 aliphatic carbocycles. The monoisotopic (exact) mass is 469 g/mol. The van der Waals surface area contributed by atoms with E-state index in [9.17, 15) is 4.79 Å². The number of anilines is 1. The van der Waals surface area contributed by atoms with Crippen molar-refractivity contribution in [2.75, 3.05) is 17.7 Å². The van der Waals surface area contributed by atoms with E-state index >= 15 is 0 Å². The van der Waals surface area contributed by atoms with Gasteiger partial charge in [0.2, 0.25) is 5.91 Å². The number of hydrogen-bond donors (Lipinski definition) is 1. The maximum Gasteiger partial charge on any atom is 0.235 e. The summed E-state index contributed by atoms with van der Waals surface area (Å²) in [5.74, 6) is 1.94. The van der Waals surface area contributed by atoms with Gasteiger partial charge in [0, 0.05) is 11.1 Å². The lowest BCUT2D eigenvalue weighted by Gasteiger charge is -2.17. The third-order valence-electron chi connectivity index (χ3n) is 5.80. The summed E-state index contributed by atoms with van der Waals surface area (Å²) in [6.45, 7) is 4.85. The highest BCUT2D eigenvalue weighted by molar-refractivity contribution is 8.00. The highest BCUT2D eigenvalue weighted by atomic mass is 32.2. The van der Waals surface area contributed by atoms with Crippen molar-refractivity contribution >= 4 is 23.5 Å². The van der Waals surface area contributed by atoms with Gasteiger partial charge in [-0.25, -0.2) is 4.68 Å². The van der Waals surface area contributed by atoms with E-state index < -0.39 is 0 Å². The third kappa shape index (κ3) is 4.46. The van der Waals surface area contributed by atoms with Crippen LogP contribution < -0.4 is 10.1 Å². The van der Waals surface area contributed by atoms with Crippen molar-refractivity contribution in [2.45, 2.75) is 25.5 Å². The van der Waals surface area contributed by atoms with Gasteiger partial charge in [-0.05, 0) is 43.2 Å². The number of nitrogens with one attached hydrogen (secondary N) is 1. The fraction of sp³-hybridized carbons (Fsp3) is 0.214. The van der Waals surface area contributed by atoms with Crippen molar-refractivity contribution in [3.05, 3.63) is 95.6 Å². The molecule has 0 unspecified atom stereocenters. The van der Waals surface area contributed by atoms with E-state index in [4.69, 9.17) is 9.84 Å². The summed E-state index contributed by atoms with van der Waals surface area (Å²) >= 11 is 1.63. The average molecular weight is 470 g/mol. The van der Waals surface area contributed by atoms with Crippen LogP contribution in [-0.2, 0) is 4.79 Å². The van der Waals surface area contributed by atoms with Crippen LogP contribution in [0.15, 0.2) is 78.9 Å². The molecule has 1 aliphatic heterocycles. The number of carbonyl (C=O) groups is 1. The Labute approximate surface area is 204 Å². The summed E-state index contributed by atoms with van der Waals surface area (Å²) in [7, 11) is 0. The Morgan fingerprint density at radius 1 is 1.03 bits per heavy atom. The molecule has 0 saturated heterocycles. The van der Waals surface area contributed by atoms with E-state index in [2.05, 4.69) is 55.6 Å². The van der Waals surface area contributed by atoms with Gasteiger partial charge in [-0.3, -0.25) is 4.79 Å². The first-order valence-corrected chi connectivity index (χ1v) is 12.6. The molecule has 0 spiro atoms. The molecule has 172 valence electrons. The van der Waals surface area contributed by atoms with Gasteiger partial charge in [-0.2, -0.15) is 5.10 Å². The van der Waals surface area contributed by atoms with E-state index in [1.54, 1.807) is 11.8 Å². The number of rotatable bonds is 6. The van der Waals surface area contributed by atoms with Crippen molar-refractivity contribution in [1.29, 1.82) is 0 Å². The number of carbonyl (C=O) groups excluding carboxylic acids is 1. The van der Waals surface area contributed by atoms with Crippen molar-refractivity contribution in [2.24, 2.45) is 0 Å². The molecule has 1 atom stereocenters. The molecule has 0 saturated carbocycles. The number of aromatic nitrogens is 2. The maximum atomic E-state index is 12.8. The topological polar surface area (TPSA) is 56.1 Å². The third-order valence-corrected chi connectivity index (χ3v) is 7.07. The van der Waals surface area contributed by atoms with Crippen LogP contribution in [0.5, 0.6) is 5.75 Å². The smallest absolute Gasteiger partial charge is 0.235 e. The van der Waals surface area contributed by atoms with E-state index in [0.717, 1.165) is 46.1 Å². The molecule has 1 aromatic heterocycles. The number of benzene rings is 3. The molecule has 1 N–H and O–H groups in total. The molecule has 34 heavy (non-hydrogen) atoms. The molecular formula is C28H27N3O2S. The molecule has 4 aromatic rings. The quantitative estimate of drug-likeness (QED) is 0.354. The first-order valence-electron chi connectivity index (χ1n) is 11.5. The zero-order valence-corrected chi connectivity index (χ0v) is 20.1. The summed E-state index contributed by atoms with van der Waals surface area (Å²) in [6, 6.07) is 26.6. The normalized spacial score (nSPS) is 15.4. The molecule has 2 heterocycles. The highest BCUT2D eigenvalue weighted by Crippen LogP contribution is 2.47. The summed E-state index contributed by atoms with van der Waals surface area (Å²) in [6.07, 6.45) is 0.968. The average Bonchev–Trinajstić information content (AvgIpc) is 3.14. The van der Waals surface area contributed by atoms with Gasteiger partial charge in [0.15, 0.2) is 0 Å². The Balaban J connectivity index is 1.68. The minimum Gasteiger partial charge on any atom is -0.494 e. The molecule has 5 rings (SSSR count). The SMILES string of the molecule is CCCOc1ccc([C@H]2SCC(=O)Nc3c2c(-c2ccccc2)nn3-c2ccc(C)cc2)cc1. The van der Waals surface area contributed by atoms with Crippen molar-refractivity contribution in [1.82, 2.24) is 9.78 Å². The number of amides is 1. The van der Waals surface area contributed by atoms with Crippen LogP contribution in [0.1, 0.15) is 35.3 Å². The molecule has 1 aliphatic rings. The number of nitrogens with zero attached hydrogens (tertiary/aromatic N) is 2. The molecule has 0 fully saturated rings. The lowest BCUT2D eigenvalue weighted by molar-refractivity contribution is -0.113. The van der Waals surface area contributed by atoms with E-state index in [1.807, 2.05) is 47.1 Å². The predicted molar refractivity (Wildman–Crippen MR) is 139 cm³/mol. The van der Waals surface area contributed by atoms with Crippen LogP contribution in [0.4, 0.5) is 5.82 Å². The Kier molecular flexibility index (Phi) is 6.41. The molecule has 6 heteroatoms. The summed E-state index contributed by atoms with van der Waals surface area (Å²) in [4.78, 5) is 12.8. The van der Waals surface area contributed by atoms with Crippen molar-refractivity contribution in [3.63, 3.8) is 0 Å². The fourth-order valence-corrected chi connectivity index (χ4v) is 5.24. The number of aryl methyl sites for hydroxylation is 1. The minimum absolute atomic E-state index is 0.0236. The number of fused-ring (bicyclic) bond motifs is 1. The first kappa shape index (κ1) is 22.3. The predicted octanol–water partition coefficient (Wildman–Crippen LogP) is 6.41. The zero-order valence-electron chi connectivity index (χ0n) is 19.3. The lowest BCUT2D eigenvalue weighted by Crippen LogP contribution is -2.15. The Morgan fingerprint density at radius 2 is 1.76 bits per heavy atom. The maximum absolute atomic E-state index is 12.8. The number of thioether (sulfide) groups is 1. The van der Waals surface area contributed by atoms with Crippen LogP contribution in [0.3, 0.4) is 0 Å². The number of hydrogen-bond acceptors (Lipinski definition) is 4. The highest BCUT2D eigenvalue weighted by Gasteiger charge is 2.32. The fourth-order valence-electron chi connectivity index (χ4n) is 4.11. The summed E-state index contributed by atoms with van der Waals surface area (Å²) < 4.78 is 7.65. The molecular weight excluding hydrogens is 442 g/mol. The van der Waals surface area contributed by atoms with E-state index in [1.165, 1.54) is 5.56 Å². The minimum atomic E-state index is -0.0522. The molecule has 1 amide bonds. The van der Waals surface area contributed by atoms with E-state index in [0.29, 0.717) is 12.4 Å². The molecule has 5 nitrogen and oxygen atoms in total.